The van der Waals surface area contributed by atoms with Crippen LogP contribution < -0.4 is 15.4 Å². The minimum atomic E-state index is -0.724. The number of halogens is 1. The number of rotatable bonds is 8. The zero-order valence-electron chi connectivity index (χ0n) is 18.6. The highest BCUT2D eigenvalue weighted by atomic mass is 35.5. The van der Waals surface area contributed by atoms with E-state index in [9.17, 15) is 9.59 Å². The van der Waals surface area contributed by atoms with E-state index >= 15 is 0 Å². The van der Waals surface area contributed by atoms with Gasteiger partial charge in [-0.05, 0) is 67.3 Å². The number of nitrogens with one attached hydrogen (secondary N) is 2. The number of anilines is 3. The molecule has 0 spiro atoms. The molecule has 1 amide bonds. The highest BCUT2D eigenvalue weighted by Crippen LogP contribution is 2.37. The van der Waals surface area contributed by atoms with Crippen molar-refractivity contribution in [2.45, 2.75) is 38.0 Å². The Morgan fingerprint density at radius 3 is 2.47 bits per heavy atom. The van der Waals surface area contributed by atoms with Gasteiger partial charge in [0.1, 0.15) is 5.75 Å². The third kappa shape index (κ3) is 5.85. The summed E-state index contributed by atoms with van der Waals surface area (Å²) >= 11 is 6.02. The Morgan fingerprint density at radius 2 is 1.79 bits per heavy atom. The molecule has 0 unspecified atom stereocenters. The lowest BCUT2D eigenvalue weighted by Crippen LogP contribution is -2.16. The van der Waals surface area contributed by atoms with E-state index in [4.69, 9.17) is 25.9 Å². The lowest BCUT2D eigenvalue weighted by Gasteiger charge is -2.28. The molecule has 1 fully saturated rings. The number of amides is 1. The molecule has 0 atom stereocenters. The van der Waals surface area contributed by atoms with Crippen LogP contribution in [0.25, 0.3) is 0 Å². The molecule has 0 saturated heterocycles. The van der Waals surface area contributed by atoms with E-state index in [-0.39, 0.29) is 24.2 Å². The van der Waals surface area contributed by atoms with Crippen LogP contribution in [0.2, 0.25) is 5.02 Å². The van der Waals surface area contributed by atoms with Crippen LogP contribution in [-0.4, -0.2) is 34.3 Å². The summed E-state index contributed by atoms with van der Waals surface area (Å²) in [4.78, 5) is 23.4. The normalized spacial score (nSPS) is 17.7. The van der Waals surface area contributed by atoms with Gasteiger partial charge in [-0.1, -0.05) is 28.8 Å². The van der Waals surface area contributed by atoms with E-state index in [0.717, 1.165) is 25.7 Å². The van der Waals surface area contributed by atoms with Gasteiger partial charge in [-0.25, -0.2) is 0 Å². The van der Waals surface area contributed by atoms with Crippen molar-refractivity contribution in [1.82, 2.24) is 10.2 Å². The minimum absolute atomic E-state index is 0.0587. The molecular weight excluding hydrogens is 460 g/mol. The molecule has 0 radical (unpaired) electrons. The first-order valence-electron chi connectivity index (χ1n) is 11.0. The smallest absolute Gasteiger partial charge is 0.320 e. The van der Waals surface area contributed by atoms with Crippen molar-refractivity contribution >= 4 is 40.9 Å². The summed E-state index contributed by atoms with van der Waals surface area (Å²) in [7, 11) is 1.51. The van der Waals surface area contributed by atoms with Crippen LogP contribution in [0, 0.1) is 5.92 Å². The first-order chi connectivity index (χ1) is 16.4. The van der Waals surface area contributed by atoms with E-state index in [0.29, 0.717) is 28.1 Å². The van der Waals surface area contributed by atoms with Crippen molar-refractivity contribution in [3.63, 3.8) is 0 Å². The molecule has 1 heterocycles. The Bertz CT molecular complexity index is 1160. The Balaban J connectivity index is 1.32. The summed E-state index contributed by atoms with van der Waals surface area (Å²) in [5.41, 5.74) is 2.42. The van der Waals surface area contributed by atoms with Crippen LogP contribution in [0.4, 0.5) is 17.4 Å². The van der Waals surface area contributed by atoms with Gasteiger partial charge in [0.05, 0.1) is 12.1 Å². The molecule has 1 aliphatic carbocycles. The predicted octanol–water partition coefficient (Wildman–Crippen LogP) is 5.48. The van der Waals surface area contributed by atoms with Crippen molar-refractivity contribution in [1.29, 1.82) is 0 Å². The second-order valence-electron chi connectivity index (χ2n) is 8.28. The van der Waals surface area contributed by atoms with Crippen LogP contribution >= 0.6 is 11.6 Å². The highest BCUT2D eigenvalue weighted by molar-refractivity contribution is 6.32. The second-order valence-corrected chi connectivity index (χ2v) is 8.69. The zero-order valence-corrected chi connectivity index (χ0v) is 19.3. The molecule has 2 aromatic carbocycles. The maximum absolute atomic E-state index is 12.5. The third-order valence-corrected chi connectivity index (χ3v) is 6.28. The molecule has 1 aliphatic rings. The average molecular weight is 485 g/mol. The number of benzene rings is 2. The van der Waals surface area contributed by atoms with Crippen molar-refractivity contribution in [2.24, 2.45) is 5.92 Å². The van der Waals surface area contributed by atoms with Gasteiger partial charge >= 0.3 is 23.8 Å². The molecule has 1 aromatic heterocycles. The van der Waals surface area contributed by atoms with E-state index in [1.54, 1.807) is 18.2 Å². The SMILES string of the molecule is COc1cc(Nc2nnc(C(=O)Nc3ccc(C4CCC(CC(=O)O)CC4)cc3)o2)ccc1Cl. The van der Waals surface area contributed by atoms with Gasteiger partial charge in [0, 0.05) is 23.9 Å². The number of ether oxygens (including phenoxy) is 1. The monoisotopic (exact) mass is 484 g/mol. The number of aromatic nitrogens is 2. The minimum Gasteiger partial charge on any atom is -0.495 e. The molecule has 10 heteroatoms. The van der Waals surface area contributed by atoms with Gasteiger partial charge in [-0.3, -0.25) is 9.59 Å². The maximum Gasteiger partial charge on any atom is 0.320 e. The number of methoxy groups -OCH3 is 1. The molecule has 3 N–H and O–H groups in total. The van der Waals surface area contributed by atoms with Crippen molar-refractivity contribution in [3.8, 4) is 5.75 Å². The fraction of sp³-hybridized carbons (Fsp3) is 0.333. The van der Waals surface area contributed by atoms with E-state index in [2.05, 4.69) is 20.8 Å². The van der Waals surface area contributed by atoms with Gasteiger partial charge in [0.25, 0.3) is 0 Å². The number of aliphatic carboxylic acids is 1. The number of carboxylic acid groups (broad SMARTS) is 1. The molecule has 9 nitrogen and oxygen atoms in total. The quantitative estimate of drug-likeness (QED) is 0.383. The molecule has 34 heavy (non-hydrogen) atoms. The summed E-state index contributed by atoms with van der Waals surface area (Å²) in [5, 5.41) is 22.7. The van der Waals surface area contributed by atoms with Gasteiger partial charge in [0.15, 0.2) is 0 Å². The number of hydrogen-bond acceptors (Lipinski definition) is 7. The molecule has 178 valence electrons. The second kappa shape index (κ2) is 10.6. The largest absolute Gasteiger partial charge is 0.495 e. The summed E-state index contributed by atoms with van der Waals surface area (Å²) in [5.74, 6) is -0.257. The predicted molar refractivity (Wildman–Crippen MR) is 127 cm³/mol. The van der Waals surface area contributed by atoms with E-state index in [1.165, 1.54) is 12.7 Å². The summed E-state index contributed by atoms with van der Waals surface area (Å²) < 4.78 is 10.6. The van der Waals surface area contributed by atoms with Gasteiger partial charge < -0.3 is 24.9 Å². The Hall–Kier alpha value is -3.59. The first-order valence-corrected chi connectivity index (χ1v) is 11.4. The van der Waals surface area contributed by atoms with Crippen LogP contribution in [0.3, 0.4) is 0 Å². The lowest BCUT2D eigenvalue weighted by molar-refractivity contribution is -0.138. The van der Waals surface area contributed by atoms with Crippen molar-refractivity contribution in [2.75, 3.05) is 17.7 Å². The number of carbonyl (C=O) groups excluding carboxylic acids is 1. The topological polar surface area (TPSA) is 127 Å². The van der Waals surface area contributed by atoms with Crippen molar-refractivity contribution < 1.29 is 23.8 Å². The van der Waals surface area contributed by atoms with Gasteiger partial charge in [0.2, 0.25) is 0 Å². The van der Waals surface area contributed by atoms with E-state index < -0.39 is 11.9 Å². The molecule has 1 saturated carbocycles. The lowest BCUT2D eigenvalue weighted by atomic mass is 9.77. The first kappa shape index (κ1) is 23.6. The number of hydrogen-bond donors (Lipinski definition) is 3. The molecule has 0 aliphatic heterocycles. The summed E-state index contributed by atoms with van der Waals surface area (Å²) in [6.45, 7) is 0. The van der Waals surface area contributed by atoms with Gasteiger partial charge in [-0.2, -0.15) is 0 Å². The maximum atomic E-state index is 12.5. The van der Waals surface area contributed by atoms with Gasteiger partial charge in [-0.15, -0.1) is 5.10 Å². The Kier molecular flexibility index (Phi) is 7.32. The zero-order chi connectivity index (χ0) is 24.1. The third-order valence-electron chi connectivity index (χ3n) is 5.97. The number of carboxylic acids is 1. The average Bonchev–Trinajstić information content (AvgIpc) is 3.30. The Labute approximate surface area is 201 Å². The fourth-order valence-corrected chi connectivity index (χ4v) is 4.39. The summed E-state index contributed by atoms with van der Waals surface area (Å²) in [6, 6.07) is 12.8. The highest BCUT2D eigenvalue weighted by Gasteiger charge is 2.24. The fourth-order valence-electron chi connectivity index (χ4n) is 4.20. The standard InChI is InChI=1S/C24H25ClN4O5/c1-33-20-13-18(10-11-19(20)25)27-24-29-28-23(34-24)22(32)26-17-8-6-16(7-9-17)15-4-2-14(3-5-15)12-21(30)31/h6-11,13-15H,2-5,12H2,1H3,(H,26,32)(H,27,29)(H,30,31). The molecule has 4 rings (SSSR count). The molecular formula is C24H25ClN4O5. The van der Waals surface area contributed by atoms with Crippen molar-refractivity contribution in [3.05, 3.63) is 58.9 Å². The molecule has 0 bridgehead atoms. The van der Waals surface area contributed by atoms with E-state index in [1.807, 2.05) is 24.3 Å². The summed E-state index contributed by atoms with van der Waals surface area (Å²) in [6.07, 6.45) is 4.04. The van der Waals surface area contributed by atoms with Crippen LogP contribution in [0.5, 0.6) is 5.75 Å². The number of carbonyl (C=O) groups is 2. The molecule has 3 aromatic rings. The Morgan fingerprint density at radius 1 is 1.09 bits per heavy atom. The van der Waals surface area contributed by atoms with Crippen LogP contribution in [0.1, 0.15) is 54.3 Å². The number of nitrogens with zero attached hydrogens (tertiary/aromatic N) is 2. The van der Waals surface area contributed by atoms with Crippen LogP contribution in [0.15, 0.2) is 46.9 Å². The van der Waals surface area contributed by atoms with Crippen LogP contribution in [-0.2, 0) is 4.79 Å².